The van der Waals surface area contributed by atoms with Crippen LogP contribution in [0.4, 0.5) is 0 Å². The highest BCUT2D eigenvalue weighted by Crippen LogP contribution is 2.27. The zero-order valence-electron chi connectivity index (χ0n) is 14.6. The van der Waals surface area contributed by atoms with Crippen molar-refractivity contribution in [3.8, 4) is 0 Å². The molecule has 1 unspecified atom stereocenters. The number of hydrogen-bond acceptors (Lipinski definition) is 3. The number of halogens is 1. The van der Waals surface area contributed by atoms with Gasteiger partial charge in [-0.1, -0.05) is 53.2 Å². The minimum atomic E-state index is -0.569. The molecular formula is C20H19BrN2O3. The smallest absolute Gasteiger partial charge is 0.262 e. The number of carbonyl (C=O) groups is 3. The second-order valence-electron chi connectivity index (χ2n) is 6.49. The maximum atomic E-state index is 12.6. The van der Waals surface area contributed by atoms with Gasteiger partial charge in [0.2, 0.25) is 5.91 Å². The average molecular weight is 415 g/mol. The van der Waals surface area contributed by atoms with Gasteiger partial charge in [0.05, 0.1) is 16.7 Å². The lowest BCUT2D eigenvalue weighted by Crippen LogP contribution is -2.48. The van der Waals surface area contributed by atoms with Crippen LogP contribution in [0.15, 0.2) is 53.0 Å². The maximum absolute atomic E-state index is 12.6. The predicted molar refractivity (Wildman–Crippen MR) is 102 cm³/mol. The van der Waals surface area contributed by atoms with Gasteiger partial charge in [0.25, 0.3) is 11.8 Å². The molecule has 1 N–H and O–H groups in total. The van der Waals surface area contributed by atoms with Crippen molar-refractivity contribution in [3.63, 3.8) is 0 Å². The van der Waals surface area contributed by atoms with E-state index in [9.17, 15) is 14.4 Å². The third-order valence-electron chi connectivity index (χ3n) is 4.77. The van der Waals surface area contributed by atoms with Crippen LogP contribution in [0.25, 0.3) is 0 Å². The number of carbonyl (C=O) groups excluding carboxylic acids is 3. The Morgan fingerprint density at radius 3 is 2.38 bits per heavy atom. The molecule has 0 aliphatic carbocycles. The Balaban J connectivity index is 1.76. The van der Waals surface area contributed by atoms with Gasteiger partial charge in [-0.25, -0.2) is 0 Å². The first-order chi connectivity index (χ1) is 12.4. The van der Waals surface area contributed by atoms with Gasteiger partial charge in [-0.2, -0.15) is 0 Å². The van der Waals surface area contributed by atoms with Gasteiger partial charge in [-0.3, -0.25) is 19.3 Å². The van der Waals surface area contributed by atoms with Crippen molar-refractivity contribution in [1.29, 1.82) is 0 Å². The monoisotopic (exact) mass is 414 g/mol. The summed E-state index contributed by atoms with van der Waals surface area (Å²) >= 11 is 3.30. The fourth-order valence-corrected chi connectivity index (χ4v) is 3.43. The molecule has 0 saturated carbocycles. The Morgan fingerprint density at radius 2 is 1.73 bits per heavy atom. The molecule has 3 rings (SSSR count). The van der Waals surface area contributed by atoms with Crippen LogP contribution in [0.3, 0.4) is 0 Å². The van der Waals surface area contributed by atoms with Crippen molar-refractivity contribution in [2.75, 3.05) is 6.54 Å². The minimum Gasteiger partial charge on any atom is -0.345 e. The van der Waals surface area contributed by atoms with Gasteiger partial charge in [-0.05, 0) is 37.1 Å². The molecule has 26 heavy (non-hydrogen) atoms. The van der Waals surface area contributed by atoms with Gasteiger partial charge >= 0.3 is 0 Å². The lowest BCUT2D eigenvalue weighted by molar-refractivity contribution is -0.123. The standard InChI is InChI=1S/C20H19BrN2O3/c1-3-20(2,13-7-5-4-6-8-13)22-17(24)12-23-18(25)15-10-9-14(21)11-16(15)19(23)26/h4-11H,3,12H2,1-2H3,(H,22,24). The third kappa shape index (κ3) is 3.29. The molecule has 0 saturated heterocycles. The van der Waals surface area contributed by atoms with Gasteiger partial charge in [0, 0.05) is 4.47 Å². The van der Waals surface area contributed by atoms with E-state index in [0.29, 0.717) is 22.0 Å². The van der Waals surface area contributed by atoms with Crippen LogP contribution < -0.4 is 5.32 Å². The first-order valence-corrected chi connectivity index (χ1v) is 9.17. The van der Waals surface area contributed by atoms with Gasteiger partial charge in [0.15, 0.2) is 0 Å². The number of imide groups is 1. The molecule has 0 radical (unpaired) electrons. The largest absolute Gasteiger partial charge is 0.345 e. The predicted octanol–water partition coefficient (Wildman–Crippen LogP) is 3.49. The van der Waals surface area contributed by atoms with E-state index in [-0.39, 0.29) is 12.5 Å². The van der Waals surface area contributed by atoms with Crippen LogP contribution in [0, 0.1) is 0 Å². The lowest BCUT2D eigenvalue weighted by atomic mass is 9.89. The average Bonchev–Trinajstić information content (AvgIpc) is 2.86. The highest BCUT2D eigenvalue weighted by molar-refractivity contribution is 9.10. The zero-order chi connectivity index (χ0) is 18.9. The van der Waals surface area contributed by atoms with E-state index in [1.165, 1.54) is 0 Å². The number of benzene rings is 2. The zero-order valence-corrected chi connectivity index (χ0v) is 16.2. The molecule has 1 atom stereocenters. The Kier molecular flexibility index (Phi) is 4.96. The minimum absolute atomic E-state index is 0.299. The van der Waals surface area contributed by atoms with Crippen molar-refractivity contribution in [1.82, 2.24) is 10.2 Å². The second kappa shape index (κ2) is 7.03. The lowest BCUT2D eigenvalue weighted by Gasteiger charge is -2.31. The van der Waals surface area contributed by atoms with E-state index < -0.39 is 17.4 Å². The summed E-state index contributed by atoms with van der Waals surface area (Å²) in [4.78, 5) is 38.6. The van der Waals surface area contributed by atoms with Crippen LogP contribution in [0.1, 0.15) is 46.5 Å². The number of rotatable bonds is 5. The summed E-state index contributed by atoms with van der Waals surface area (Å²) in [7, 11) is 0. The second-order valence-corrected chi connectivity index (χ2v) is 7.40. The fourth-order valence-electron chi connectivity index (χ4n) is 3.07. The van der Waals surface area contributed by atoms with Crippen molar-refractivity contribution in [3.05, 3.63) is 69.7 Å². The Morgan fingerprint density at radius 1 is 1.08 bits per heavy atom. The third-order valence-corrected chi connectivity index (χ3v) is 5.26. The van der Waals surface area contributed by atoms with Crippen LogP contribution >= 0.6 is 15.9 Å². The van der Waals surface area contributed by atoms with Gasteiger partial charge in [0.1, 0.15) is 6.54 Å². The highest BCUT2D eigenvalue weighted by Gasteiger charge is 2.37. The highest BCUT2D eigenvalue weighted by atomic mass is 79.9. The van der Waals surface area contributed by atoms with E-state index in [2.05, 4.69) is 21.2 Å². The number of hydrogen-bond donors (Lipinski definition) is 1. The summed E-state index contributed by atoms with van der Waals surface area (Å²) in [6.45, 7) is 3.61. The molecule has 1 aliphatic heterocycles. The normalized spacial score (nSPS) is 15.6. The summed E-state index contributed by atoms with van der Waals surface area (Å²) < 4.78 is 0.714. The van der Waals surface area contributed by atoms with E-state index >= 15 is 0 Å². The number of nitrogens with zero attached hydrogens (tertiary/aromatic N) is 1. The number of amides is 3. The van der Waals surface area contributed by atoms with Crippen LogP contribution in [-0.2, 0) is 10.3 Å². The van der Waals surface area contributed by atoms with E-state index in [4.69, 9.17) is 0 Å². The molecule has 134 valence electrons. The van der Waals surface area contributed by atoms with E-state index in [1.54, 1.807) is 18.2 Å². The maximum Gasteiger partial charge on any atom is 0.262 e. The molecule has 2 aromatic rings. The molecule has 0 aromatic heterocycles. The van der Waals surface area contributed by atoms with Crippen molar-refractivity contribution < 1.29 is 14.4 Å². The molecule has 1 heterocycles. The summed E-state index contributed by atoms with van der Waals surface area (Å²) in [5.74, 6) is -1.25. The molecule has 3 amide bonds. The van der Waals surface area contributed by atoms with Crippen LogP contribution in [0.5, 0.6) is 0 Å². The van der Waals surface area contributed by atoms with Crippen molar-refractivity contribution in [2.24, 2.45) is 0 Å². The molecule has 2 aromatic carbocycles. The molecule has 0 fully saturated rings. The van der Waals surface area contributed by atoms with E-state index in [1.807, 2.05) is 44.2 Å². The fraction of sp³-hybridized carbons (Fsp3) is 0.250. The summed E-state index contributed by atoms with van der Waals surface area (Å²) in [6, 6.07) is 14.5. The summed E-state index contributed by atoms with van der Waals surface area (Å²) in [5.41, 5.74) is 1.05. The molecule has 0 bridgehead atoms. The van der Waals surface area contributed by atoms with Gasteiger partial charge in [-0.15, -0.1) is 0 Å². The molecule has 6 heteroatoms. The summed E-state index contributed by atoms with van der Waals surface area (Å²) in [6.07, 6.45) is 0.678. The SMILES string of the molecule is CCC(C)(NC(=O)CN1C(=O)c2ccc(Br)cc2C1=O)c1ccccc1. The number of fused-ring (bicyclic) bond motifs is 1. The topological polar surface area (TPSA) is 66.5 Å². The van der Waals surface area contributed by atoms with Crippen molar-refractivity contribution in [2.45, 2.75) is 25.8 Å². The molecule has 0 spiro atoms. The summed E-state index contributed by atoms with van der Waals surface area (Å²) in [5, 5.41) is 2.97. The molecular weight excluding hydrogens is 396 g/mol. The van der Waals surface area contributed by atoms with E-state index in [0.717, 1.165) is 10.5 Å². The molecule has 5 nitrogen and oxygen atoms in total. The Bertz CT molecular complexity index is 882. The van der Waals surface area contributed by atoms with Crippen LogP contribution in [-0.4, -0.2) is 29.2 Å². The Labute approximate surface area is 160 Å². The quantitative estimate of drug-likeness (QED) is 0.761. The first kappa shape index (κ1) is 18.3. The first-order valence-electron chi connectivity index (χ1n) is 8.38. The number of nitrogens with one attached hydrogen (secondary N) is 1. The molecule has 1 aliphatic rings. The van der Waals surface area contributed by atoms with Gasteiger partial charge < -0.3 is 5.32 Å². The van der Waals surface area contributed by atoms with Crippen molar-refractivity contribution >= 4 is 33.7 Å². The Hall–Kier alpha value is -2.47. The van der Waals surface area contributed by atoms with Crippen LogP contribution in [0.2, 0.25) is 0 Å².